The van der Waals surface area contributed by atoms with Crippen molar-refractivity contribution in [3.8, 4) is 0 Å². The van der Waals surface area contributed by atoms with Crippen LogP contribution in [0.4, 0.5) is 0 Å². The fraction of sp³-hybridized carbons (Fsp3) is 0.692. The van der Waals surface area contributed by atoms with Crippen LogP contribution in [0.15, 0.2) is 16.8 Å². The third-order valence-corrected chi connectivity index (χ3v) is 3.47. The molecule has 0 saturated heterocycles. The van der Waals surface area contributed by atoms with E-state index in [0.29, 0.717) is 6.04 Å². The molecule has 1 heterocycles. The quantitative estimate of drug-likeness (QED) is 0.751. The summed E-state index contributed by atoms with van der Waals surface area (Å²) >= 11 is 1.75. The maximum absolute atomic E-state index is 5.62. The molecule has 1 aromatic heterocycles. The number of hydrogen-bond acceptors (Lipinski definition) is 3. The van der Waals surface area contributed by atoms with Gasteiger partial charge in [-0.1, -0.05) is 20.3 Å². The van der Waals surface area contributed by atoms with Crippen LogP contribution in [0.3, 0.4) is 0 Å². The molecule has 0 aliphatic heterocycles. The molecule has 0 bridgehead atoms. The Kier molecular flexibility index (Phi) is 6.69. The van der Waals surface area contributed by atoms with Crippen molar-refractivity contribution in [3.05, 3.63) is 22.4 Å². The summed E-state index contributed by atoms with van der Waals surface area (Å²) in [6.45, 7) is 5.44. The first kappa shape index (κ1) is 13.7. The number of rotatable bonds is 8. The maximum atomic E-state index is 5.62. The Bertz CT molecular complexity index is 261. The first-order valence-electron chi connectivity index (χ1n) is 6.11. The third kappa shape index (κ3) is 3.89. The molecular formula is C13H23NOS. The minimum absolute atomic E-state index is 0.283. The number of ether oxygens (including phenoxy) is 1. The van der Waals surface area contributed by atoms with Crippen LogP contribution in [-0.2, 0) is 4.74 Å². The van der Waals surface area contributed by atoms with E-state index in [-0.39, 0.29) is 6.10 Å². The molecule has 0 aromatic carbocycles. The molecule has 1 aromatic rings. The van der Waals surface area contributed by atoms with E-state index in [9.17, 15) is 0 Å². The van der Waals surface area contributed by atoms with Gasteiger partial charge in [0.05, 0.1) is 12.1 Å². The van der Waals surface area contributed by atoms with Gasteiger partial charge in [-0.15, -0.1) is 0 Å². The molecule has 0 spiro atoms. The molecule has 0 saturated carbocycles. The molecular weight excluding hydrogens is 218 g/mol. The topological polar surface area (TPSA) is 21.3 Å². The summed E-state index contributed by atoms with van der Waals surface area (Å²) in [6, 6.07) is 2.54. The zero-order chi connectivity index (χ0) is 11.8. The second-order valence-electron chi connectivity index (χ2n) is 4.05. The summed E-state index contributed by atoms with van der Waals surface area (Å²) in [5.74, 6) is 0. The highest BCUT2D eigenvalue weighted by Gasteiger charge is 2.21. The molecule has 16 heavy (non-hydrogen) atoms. The van der Waals surface area contributed by atoms with E-state index in [2.05, 4.69) is 36.0 Å². The van der Waals surface area contributed by atoms with Crippen LogP contribution in [0.25, 0.3) is 0 Å². The largest absolute Gasteiger partial charge is 0.379 e. The van der Waals surface area contributed by atoms with Gasteiger partial charge in [0.1, 0.15) is 0 Å². The Balaban J connectivity index is 2.68. The van der Waals surface area contributed by atoms with Gasteiger partial charge in [0.25, 0.3) is 0 Å². The summed E-state index contributed by atoms with van der Waals surface area (Å²) < 4.78 is 5.62. The fourth-order valence-electron chi connectivity index (χ4n) is 1.92. The smallest absolute Gasteiger partial charge is 0.0766 e. The molecule has 0 amide bonds. The summed E-state index contributed by atoms with van der Waals surface area (Å²) in [4.78, 5) is 0. The average molecular weight is 241 g/mol. The van der Waals surface area contributed by atoms with Crippen molar-refractivity contribution < 1.29 is 4.74 Å². The molecule has 0 fully saturated rings. The fourth-order valence-corrected chi connectivity index (χ4v) is 2.62. The van der Waals surface area contributed by atoms with Gasteiger partial charge in [0.15, 0.2) is 0 Å². The van der Waals surface area contributed by atoms with Gasteiger partial charge in [-0.25, -0.2) is 0 Å². The molecule has 2 unspecified atom stereocenters. The van der Waals surface area contributed by atoms with Gasteiger partial charge in [-0.2, -0.15) is 11.3 Å². The lowest BCUT2D eigenvalue weighted by atomic mass is 10.0. The van der Waals surface area contributed by atoms with E-state index in [1.165, 1.54) is 5.56 Å². The number of hydrogen-bond donors (Lipinski definition) is 1. The predicted octanol–water partition coefficient (Wildman–Crippen LogP) is 3.60. The van der Waals surface area contributed by atoms with Gasteiger partial charge in [0.2, 0.25) is 0 Å². The van der Waals surface area contributed by atoms with Crippen molar-refractivity contribution in [1.82, 2.24) is 5.32 Å². The molecule has 3 heteroatoms. The van der Waals surface area contributed by atoms with Gasteiger partial charge in [0, 0.05) is 7.11 Å². The lowest BCUT2D eigenvalue weighted by molar-refractivity contribution is 0.0607. The highest BCUT2D eigenvalue weighted by Crippen LogP contribution is 2.24. The molecule has 0 aliphatic rings. The zero-order valence-corrected chi connectivity index (χ0v) is 11.3. The first-order chi connectivity index (χ1) is 7.83. The molecule has 2 nitrogen and oxygen atoms in total. The Morgan fingerprint density at radius 2 is 2.19 bits per heavy atom. The van der Waals surface area contributed by atoms with Gasteiger partial charge in [-0.3, -0.25) is 0 Å². The highest BCUT2D eigenvalue weighted by molar-refractivity contribution is 7.07. The lowest BCUT2D eigenvalue weighted by Crippen LogP contribution is -2.33. The van der Waals surface area contributed by atoms with Crippen molar-refractivity contribution in [3.63, 3.8) is 0 Å². The average Bonchev–Trinajstić information content (AvgIpc) is 2.81. The molecule has 1 rings (SSSR count). The number of thiophene rings is 1. The van der Waals surface area contributed by atoms with Crippen LogP contribution >= 0.6 is 11.3 Å². The van der Waals surface area contributed by atoms with E-state index in [1.54, 1.807) is 11.3 Å². The summed E-state index contributed by atoms with van der Waals surface area (Å²) in [6.07, 6.45) is 3.70. The SMILES string of the molecule is CCCNC(c1ccsc1)C(CCC)OC. The monoisotopic (exact) mass is 241 g/mol. The van der Waals surface area contributed by atoms with E-state index in [4.69, 9.17) is 4.74 Å². The van der Waals surface area contributed by atoms with Crippen LogP contribution in [0.5, 0.6) is 0 Å². The molecule has 0 radical (unpaired) electrons. The lowest BCUT2D eigenvalue weighted by Gasteiger charge is -2.26. The summed E-state index contributed by atoms with van der Waals surface area (Å²) in [7, 11) is 1.81. The second kappa shape index (κ2) is 7.82. The van der Waals surface area contributed by atoms with Crippen LogP contribution < -0.4 is 5.32 Å². The van der Waals surface area contributed by atoms with E-state index < -0.39 is 0 Å². The van der Waals surface area contributed by atoms with E-state index >= 15 is 0 Å². The second-order valence-corrected chi connectivity index (χ2v) is 4.83. The minimum atomic E-state index is 0.283. The van der Waals surface area contributed by atoms with E-state index in [0.717, 1.165) is 25.8 Å². The Morgan fingerprint density at radius 1 is 1.38 bits per heavy atom. The standard InChI is InChI=1S/C13H23NOS/c1-4-6-12(15-3)13(14-8-5-2)11-7-9-16-10-11/h7,9-10,12-14H,4-6,8H2,1-3H3. The van der Waals surface area contributed by atoms with Gasteiger partial charge < -0.3 is 10.1 Å². The van der Waals surface area contributed by atoms with Gasteiger partial charge in [-0.05, 0) is 41.8 Å². The van der Waals surface area contributed by atoms with E-state index in [1.807, 2.05) is 7.11 Å². The minimum Gasteiger partial charge on any atom is -0.379 e. The third-order valence-electron chi connectivity index (χ3n) is 2.76. The van der Waals surface area contributed by atoms with Crippen molar-refractivity contribution >= 4 is 11.3 Å². The number of nitrogens with one attached hydrogen (secondary N) is 1. The van der Waals surface area contributed by atoms with Crippen molar-refractivity contribution in [1.29, 1.82) is 0 Å². The summed E-state index contributed by atoms with van der Waals surface area (Å²) in [5, 5.41) is 7.94. The van der Waals surface area contributed by atoms with Gasteiger partial charge >= 0.3 is 0 Å². The highest BCUT2D eigenvalue weighted by atomic mass is 32.1. The number of methoxy groups -OCH3 is 1. The Labute approximate surface area is 103 Å². The van der Waals surface area contributed by atoms with Crippen LogP contribution in [-0.4, -0.2) is 19.8 Å². The Morgan fingerprint density at radius 3 is 2.69 bits per heavy atom. The van der Waals surface area contributed by atoms with Crippen molar-refractivity contribution in [2.75, 3.05) is 13.7 Å². The first-order valence-corrected chi connectivity index (χ1v) is 7.06. The van der Waals surface area contributed by atoms with Crippen LogP contribution in [0.1, 0.15) is 44.7 Å². The summed E-state index contributed by atoms with van der Waals surface area (Å²) in [5.41, 5.74) is 1.36. The molecule has 1 N–H and O–H groups in total. The molecule has 2 atom stereocenters. The van der Waals surface area contributed by atoms with Crippen molar-refractivity contribution in [2.24, 2.45) is 0 Å². The molecule has 0 aliphatic carbocycles. The van der Waals surface area contributed by atoms with Crippen molar-refractivity contribution in [2.45, 2.75) is 45.3 Å². The normalized spacial score (nSPS) is 14.9. The molecule has 92 valence electrons. The maximum Gasteiger partial charge on any atom is 0.0766 e. The zero-order valence-electron chi connectivity index (χ0n) is 10.5. The van der Waals surface area contributed by atoms with Crippen LogP contribution in [0, 0.1) is 0 Å². The van der Waals surface area contributed by atoms with Crippen LogP contribution in [0.2, 0.25) is 0 Å². The predicted molar refractivity (Wildman–Crippen MR) is 71.1 cm³/mol. The Hall–Kier alpha value is -0.380.